The zero-order valence-electron chi connectivity index (χ0n) is 20.5. The molecule has 2 aliphatic heterocycles. The van der Waals surface area contributed by atoms with Gasteiger partial charge in [-0.15, -0.1) is 0 Å². The van der Waals surface area contributed by atoms with Crippen LogP contribution in [0.1, 0.15) is 70.3 Å². The Morgan fingerprint density at radius 1 is 0.970 bits per heavy atom. The van der Waals surface area contributed by atoms with E-state index in [1.807, 2.05) is 17.9 Å². The van der Waals surface area contributed by atoms with Gasteiger partial charge in [0.25, 0.3) is 0 Å². The highest BCUT2D eigenvalue weighted by Crippen LogP contribution is 2.32. The average molecular weight is 456 g/mol. The molecule has 6 heteroatoms. The van der Waals surface area contributed by atoms with Crippen LogP contribution in [0.3, 0.4) is 0 Å². The lowest BCUT2D eigenvalue weighted by atomic mass is 9.92. The Kier molecular flexibility index (Phi) is 8.42. The lowest BCUT2D eigenvalue weighted by Crippen LogP contribution is -2.55. The predicted molar refractivity (Wildman–Crippen MR) is 131 cm³/mol. The van der Waals surface area contributed by atoms with E-state index >= 15 is 0 Å². The Bertz CT molecular complexity index is 808. The number of methoxy groups -OCH3 is 1. The SMILES string of the molecule is CCC(=O)N1CCC2CCCC(CN(CC3CCCC3)Cc3ccccc31)N2C(=O)COC. The third-order valence-electron chi connectivity index (χ3n) is 7.84. The molecule has 3 aliphatic rings. The van der Waals surface area contributed by atoms with Crippen molar-refractivity contribution in [3.8, 4) is 0 Å². The van der Waals surface area contributed by atoms with Crippen molar-refractivity contribution in [1.29, 1.82) is 0 Å². The Labute approximate surface area is 199 Å². The summed E-state index contributed by atoms with van der Waals surface area (Å²) in [5.74, 6) is 0.988. The fraction of sp³-hybridized carbons (Fsp3) is 0.704. The quantitative estimate of drug-likeness (QED) is 0.667. The molecule has 0 N–H and O–H groups in total. The summed E-state index contributed by atoms with van der Waals surface area (Å²) >= 11 is 0. The monoisotopic (exact) mass is 455 g/mol. The second-order valence-corrected chi connectivity index (χ2v) is 10.1. The number of fused-ring (bicyclic) bond motifs is 3. The molecule has 2 amide bonds. The maximum Gasteiger partial charge on any atom is 0.249 e. The number of piperidine rings is 1. The van der Waals surface area contributed by atoms with Crippen LogP contribution in [-0.2, 0) is 20.9 Å². The molecule has 0 spiro atoms. The zero-order chi connectivity index (χ0) is 23.2. The number of hydrogen-bond donors (Lipinski definition) is 0. The predicted octanol–water partition coefficient (Wildman–Crippen LogP) is 4.22. The largest absolute Gasteiger partial charge is 0.375 e. The Morgan fingerprint density at radius 2 is 1.73 bits per heavy atom. The number of hydrogen-bond acceptors (Lipinski definition) is 4. The second kappa shape index (κ2) is 11.5. The van der Waals surface area contributed by atoms with Gasteiger partial charge in [-0.1, -0.05) is 38.0 Å². The van der Waals surface area contributed by atoms with Gasteiger partial charge in [-0.05, 0) is 56.1 Å². The highest BCUT2D eigenvalue weighted by Gasteiger charge is 2.36. The molecule has 1 aromatic rings. The van der Waals surface area contributed by atoms with Crippen molar-refractivity contribution in [2.75, 3.05) is 38.3 Å². The van der Waals surface area contributed by atoms with Crippen molar-refractivity contribution >= 4 is 17.5 Å². The Hall–Kier alpha value is -1.92. The van der Waals surface area contributed by atoms with Gasteiger partial charge in [0, 0.05) is 57.5 Å². The summed E-state index contributed by atoms with van der Waals surface area (Å²) < 4.78 is 5.27. The van der Waals surface area contributed by atoms with Gasteiger partial charge in [-0.2, -0.15) is 0 Å². The van der Waals surface area contributed by atoms with Crippen molar-refractivity contribution in [2.45, 2.75) is 83.3 Å². The van der Waals surface area contributed by atoms with E-state index in [1.54, 1.807) is 7.11 Å². The summed E-state index contributed by atoms with van der Waals surface area (Å²) in [6.45, 7) is 5.52. The summed E-state index contributed by atoms with van der Waals surface area (Å²) in [5.41, 5.74) is 2.27. The van der Waals surface area contributed by atoms with Crippen LogP contribution < -0.4 is 4.90 Å². The number of carbonyl (C=O) groups is 2. The number of amides is 2. The molecular weight excluding hydrogens is 414 g/mol. The van der Waals surface area contributed by atoms with Gasteiger partial charge in [-0.3, -0.25) is 14.5 Å². The molecule has 1 saturated carbocycles. The Morgan fingerprint density at radius 3 is 2.48 bits per heavy atom. The first-order valence-corrected chi connectivity index (χ1v) is 13.0. The molecule has 2 fully saturated rings. The maximum absolute atomic E-state index is 13.2. The van der Waals surface area contributed by atoms with E-state index in [0.29, 0.717) is 13.0 Å². The number of rotatable bonds is 5. The second-order valence-electron chi connectivity index (χ2n) is 10.1. The fourth-order valence-electron chi connectivity index (χ4n) is 6.29. The van der Waals surface area contributed by atoms with Crippen LogP contribution in [0.2, 0.25) is 0 Å². The molecule has 2 heterocycles. The third kappa shape index (κ3) is 5.78. The molecule has 1 aliphatic carbocycles. The van der Waals surface area contributed by atoms with Crippen LogP contribution in [0.5, 0.6) is 0 Å². The molecule has 6 nitrogen and oxygen atoms in total. The zero-order valence-corrected chi connectivity index (χ0v) is 20.5. The summed E-state index contributed by atoms with van der Waals surface area (Å²) in [6.07, 6.45) is 9.76. The minimum Gasteiger partial charge on any atom is -0.375 e. The van der Waals surface area contributed by atoms with E-state index in [2.05, 4.69) is 28.0 Å². The minimum absolute atomic E-state index is 0.0955. The standard InChI is InChI=1S/C27H41N3O3/c1-3-26(31)29-16-15-23-12-8-13-24(30(23)27(32)20-33-2)19-28(17-21-9-4-5-10-21)18-22-11-6-7-14-25(22)29/h6-7,11,14,21,23-24H,3-5,8-10,12-13,15-20H2,1-2H3. The lowest BCUT2D eigenvalue weighted by molar-refractivity contribution is -0.143. The number of anilines is 1. The van der Waals surface area contributed by atoms with Crippen molar-refractivity contribution in [3.05, 3.63) is 29.8 Å². The summed E-state index contributed by atoms with van der Waals surface area (Å²) in [4.78, 5) is 32.9. The minimum atomic E-state index is 0.0955. The lowest BCUT2D eigenvalue weighted by Gasteiger charge is -2.44. The molecule has 33 heavy (non-hydrogen) atoms. The van der Waals surface area contributed by atoms with Crippen molar-refractivity contribution < 1.29 is 14.3 Å². The van der Waals surface area contributed by atoms with Crippen LogP contribution in [-0.4, -0.2) is 67.0 Å². The first kappa shape index (κ1) is 24.2. The molecule has 2 atom stereocenters. The molecule has 0 aromatic heterocycles. The van der Waals surface area contributed by atoms with Crippen LogP contribution in [0.25, 0.3) is 0 Å². The topological polar surface area (TPSA) is 53.1 Å². The van der Waals surface area contributed by atoms with E-state index in [9.17, 15) is 9.59 Å². The average Bonchev–Trinajstić information content (AvgIpc) is 3.32. The first-order valence-electron chi connectivity index (χ1n) is 13.0. The Balaban J connectivity index is 1.70. The van der Waals surface area contributed by atoms with Crippen LogP contribution >= 0.6 is 0 Å². The van der Waals surface area contributed by atoms with E-state index in [0.717, 1.165) is 56.9 Å². The van der Waals surface area contributed by atoms with Gasteiger partial charge in [0.05, 0.1) is 0 Å². The number of para-hydroxylation sites is 1. The summed E-state index contributed by atoms with van der Waals surface area (Å²) in [6, 6.07) is 8.81. The molecule has 182 valence electrons. The highest BCUT2D eigenvalue weighted by molar-refractivity contribution is 5.94. The number of benzene rings is 1. The highest BCUT2D eigenvalue weighted by atomic mass is 16.5. The maximum atomic E-state index is 13.2. The van der Waals surface area contributed by atoms with Gasteiger partial charge in [-0.25, -0.2) is 0 Å². The van der Waals surface area contributed by atoms with Crippen LogP contribution in [0.15, 0.2) is 24.3 Å². The summed E-state index contributed by atoms with van der Waals surface area (Å²) in [5, 5.41) is 0. The molecule has 1 saturated heterocycles. The summed E-state index contributed by atoms with van der Waals surface area (Å²) in [7, 11) is 1.60. The van der Waals surface area contributed by atoms with Crippen LogP contribution in [0.4, 0.5) is 5.69 Å². The van der Waals surface area contributed by atoms with Crippen molar-refractivity contribution in [1.82, 2.24) is 9.80 Å². The molecule has 4 rings (SSSR count). The van der Waals surface area contributed by atoms with E-state index in [1.165, 1.54) is 31.2 Å². The molecule has 0 radical (unpaired) electrons. The number of nitrogens with zero attached hydrogens (tertiary/aromatic N) is 3. The van der Waals surface area contributed by atoms with Crippen LogP contribution in [0, 0.1) is 5.92 Å². The van der Waals surface area contributed by atoms with E-state index in [4.69, 9.17) is 4.74 Å². The van der Waals surface area contributed by atoms with Crippen molar-refractivity contribution in [2.24, 2.45) is 5.92 Å². The van der Waals surface area contributed by atoms with Crippen molar-refractivity contribution in [3.63, 3.8) is 0 Å². The fourth-order valence-corrected chi connectivity index (χ4v) is 6.29. The van der Waals surface area contributed by atoms with Gasteiger partial charge < -0.3 is 14.5 Å². The smallest absolute Gasteiger partial charge is 0.249 e. The number of ether oxygens (including phenoxy) is 1. The third-order valence-corrected chi connectivity index (χ3v) is 7.84. The number of carbonyl (C=O) groups excluding carboxylic acids is 2. The van der Waals surface area contributed by atoms with E-state index < -0.39 is 0 Å². The first-order chi connectivity index (χ1) is 16.1. The van der Waals surface area contributed by atoms with Gasteiger partial charge >= 0.3 is 0 Å². The van der Waals surface area contributed by atoms with Gasteiger partial charge in [0.2, 0.25) is 11.8 Å². The molecule has 1 aromatic carbocycles. The normalized spacial score (nSPS) is 24.9. The van der Waals surface area contributed by atoms with E-state index in [-0.39, 0.29) is 30.5 Å². The molecule has 2 unspecified atom stereocenters. The molecular formula is C27H41N3O3. The van der Waals surface area contributed by atoms with Gasteiger partial charge in [0.1, 0.15) is 6.61 Å². The molecule has 2 bridgehead atoms. The van der Waals surface area contributed by atoms with Gasteiger partial charge in [0.15, 0.2) is 0 Å².